The van der Waals surface area contributed by atoms with Gasteiger partial charge in [-0.1, -0.05) is 42.5 Å². The molecule has 2 aliphatic heterocycles. The van der Waals surface area contributed by atoms with E-state index in [1.807, 2.05) is 35.2 Å². The van der Waals surface area contributed by atoms with E-state index in [0.717, 1.165) is 50.8 Å². The summed E-state index contributed by atoms with van der Waals surface area (Å²) in [5, 5.41) is 0. The molecule has 3 fully saturated rings. The van der Waals surface area contributed by atoms with E-state index in [1.165, 1.54) is 4.90 Å². The number of likely N-dealkylation sites (tertiary alicyclic amines) is 2. The lowest BCUT2D eigenvalue weighted by Gasteiger charge is -2.38. The van der Waals surface area contributed by atoms with Gasteiger partial charge in [-0.2, -0.15) is 0 Å². The van der Waals surface area contributed by atoms with Gasteiger partial charge in [0.1, 0.15) is 6.04 Å². The molecule has 2 bridgehead atoms. The zero-order valence-electron chi connectivity index (χ0n) is 16.7. The largest absolute Gasteiger partial charge is 0.341 e. The summed E-state index contributed by atoms with van der Waals surface area (Å²) in [4.78, 5) is 43.7. The SMILES string of the molecule is O=C([C@H](Cc1ccccc1)N1C(=O)[C@H]2[C@H](C1=O)[C@H]1C=C[C@H]2CC1)N1CCCCC1. The summed E-state index contributed by atoms with van der Waals surface area (Å²) >= 11 is 0. The first-order chi connectivity index (χ1) is 14.1. The van der Waals surface area contributed by atoms with Gasteiger partial charge in [-0.3, -0.25) is 19.3 Å². The molecule has 2 saturated heterocycles. The normalized spacial score (nSPS) is 31.9. The highest BCUT2D eigenvalue weighted by molar-refractivity contribution is 6.09. The Labute approximate surface area is 171 Å². The minimum absolute atomic E-state index is 0.0609. The van der Waals surface area contributed by atoms with Crippen molar-refractivity contribution in [1.29, 1.82) is 0 Å². The molecule has 1 saturated carbocycles. The van der Waals surface area contributed by atoms with Gasteiger partial charge in [-0.15, -0.1) is 0 Å². The lowest BCUT2D eigenvalue weighted by Crippen LogP contribution is -2.53. The van der Waals surface area contributed by atoms with Crippen molar-refractivity contribution in [3.63, 3.8) is 0 Å². The fourth-order valence-corrected chi connectivity index (χ4v) is 5.86. The molecule has 0 aromatic heterocycles. The summed E-state index contributed by atoms with van der Waals surface area (Å²) in [5.41, 5.74) is 0.986. The third kappa shape index (κ3) is 3.11. The molecule has 3 amide bonds. The zero-order valence-corrected chi connectivity index (χ0v) is 16.7. The molecule has 152 valence electrons. The quantitative estimate of drug-likeness (QED) is 0.585. The molecule has 1 aromatic carbocycles. The van der Waals surface area contributed by atoms with E-state index in [2.05, 4.69) is 12.2 Å². The Morgan fingerprint density at radius 3 is 2.03 bits per heavy atom. The van der Waals surface area contributed by atoms with Gasteiger partial charge in [0.15, 0.2) is 0 Å². The number of hydrogen-bond acceptors (Lipinski definition) is 3. The number of hydrogen-bond donors (Lipinski definition) is 0. The maximum atomic E-state index is 13.5. The van der Waals surface area contributed by atoms with Crippen LogP contribution in [0.1, 0.15) is 37.7 Å². The second-order valence-corrected chi connectivity index (χ2v) is 8.98. The number of nitrogens with zero attached hydrogens (tertiary/aromatic N) is 2. The molecular formula is C24H28N2O3. The number of imide groups is 1. The van der Waals surface area contributed by atoms with Crippen LogP contribution in [-0.4, -0.2) is 46.7 Å². The van der Waals surface area contributed by atoms with E-state index in [0.29, 0.717) is 6.42 Å². The molecule has 5 nitrogen and oxygen atoms in total. The van der Waals surface area contributed by atoms with Crippen LogP contribution in [0, 0.1) is 23.7 Å². The Kier molecular flexibility index (Phi) is 4.76. The summed E-state index contributed by atoms with van der Waals surface area (Å²) in [6.45, 7) is 1.44. The van der Waals surface area contributed by atoms with Gasteiger partial charge in [0.25, 0.3) is 0 Å². The Morgan fingerprint density at radius 2 is 1.48 bits per heavy atom. The number of benzene rings is 1. The predicted octanol–water partition coefficient (Wildman–Crippen LogP) is 2.81. The lowest BCUT2D eigenvalue weighted by molar-refractivity contribution is -0.152. The molecule has 5 aliphatic rings. The van der Waals surface area contributed by atoms with Gasteiger partial charge in [-0.05, 0) is 49.5 Å². The topological polar surface area (TPSA) is 57.7 Å². The van der Waals surface area contributed by atoms with Gasteiger partial charge in [-0.25, -0.2) is 0 Å². The lowest BCUT2D eigenvalue weighted by atomic mass is 9.63. The Balaban J connectivity index is 1.48. The highest BCUT2D eigenvalue weighted by Crippen LogP contribution is 2.50. The Bertz CT molecular complexity index is 811. The van der Waals surface area contributed by atoms with Crippen LogP contribution in [0.5, 0.6) is 0 Å². The van der Waals surface area contributed by atoms with Crippen LogP contribution in [-0.2, 0) is 20.8 Å². The zero-order chi connectivity index (χ0) is 20.0. The molecule has 5 atom stereocenters. The summed E-state index contributed by atoms with van der Waals surface area (Å²) < 4.78 is 0. The fourth-order valence-electron chi connectivity index (χ4n) is 5.86. The van der Waals surface area contributed by atoms with Crippen molar-refractivity contribution in [3.05, 3.63) is 48.0 Å². The minimum Gasteiger partial charge on any atom is -0.341 e. The highest BCUT2D eigenvalue weighted by atomic mass is 16.2. The number of carbonyl (C=O) groups excluding carboxylic acids is 3. The minimum atomic E-state index is -0.722. The van der Waals surface area contributed by atoms with E-state index in [-0.39, 0.29) is 41.4 Å². The monoisotopic (exact) mass is 392 g/mol. The van der Waals surface area contributed by atoms with E-state index < -0.39 is 6.04 Å². The number of piperidine rings is 1. The fraction of sp³-hybridized carbons (Fsp3) is 0.542. The van der Waals surface area contributed by atoms with Crippen LogP contribution in [0.4, 0.5) is 0 Å². The van der Waals surface area contributed by atoms with Crippen molar-refractivity contribution in [1.82, 2.24) is 9.80 Å². The van der Waals surface area contributed by atoms with Gasteiger partial charge >= 0.3 is 0 Å². The molecule has 3 aliphatic carbocycles. The Morgan fingerprint density at radius 1 is 0.897 bits per heavy atom. The molecule has 2 heterocycles. The van der Waals surface area contributed by atoms with E-state index in [9.17, 15) is 14.4 Å². The molecule has 6 rings (SSSR count). The average molecular weight is 392 g/mol. The molecule has 1 aromatic rings. The predicted molar refractivity (Wildman–Crippen MR) is 109 cm³/mol. The molecule has 0 radical (unpaired) electrons. The summed E-state index contributed by atoms with van der Waals surface area (Å²) in [6.07, 6.45) is 9.71. The first-order valence-electron chi connectivity index (χ1n) is 11.0. The van der Waals surface area contributed by atoms with Crippen molar-refractivity contribution >= 4 is 17.7 Å². The smallest absolute Gasteiger partial charge is 0.246 e. The van der Waals surface area contributed by atoms with Crippen LogP contribution in [0.15, 0.2) is 42.5 Å². The van der Waals surface area contributed by atoms with Crippen LogP contribution in [0.3, 0.4) is 0 Å². The van der Waals surface area contributed by atoms with Crippen LogP contribution >= 0.6 is 0 Å². The van der Waals surface area contributed by atoms with Crippen molar-refractivity contribution in [3.8, 4) is 0 Å². The highest BCUT2D eigenvalue weighted by Gasteiger charge is 2.58. The summed E-state index contributed by atoms with van der Waals surface area (Å²) in [7, 11) is 0. The second kappa shape index (κ2) is 7.43. The third-order valence-electron chi connectivity index (χ3n) is 7.33. The van der Waals surface area contributed by atoms with Crippen molar-refractivity contribution in [2.24, 2.45) is 23.7 Å². The average Bonchev–Trinajstić information content (AvgIpc) is 3.06. The van der Waals surface area contributed by atoms with Gasteiger partial charge in [0.2, 0.25) is 17.7 Å². The number of fused-ring (bicyclic) bond motifs is 1. The van der Waals surface area contributed by atoms with E-state index in [1.54, 1.807) is 0 Å². The van der Waals surface area contributed by atoms with Crippen molar-refractivity contribution < 1.29 is 14.4 Å². The van der Waals surface area contributed by atoms with Crippen LogP contribution in [0.2, 0.25) is 0 Å². The first-order valence-corrected chi connectivity index (χ1v) is 11.0. The maximum Gasteiger partial charge on any atom is 0.246 e. The number of rotatable bonds is 4. The van der Waals surface area contributed by atoms with E-state index in [4.69, 9.17) is 0 Å². The maximum absolute atomic E-state index is 13.5. The van der Waals surface area contributed by atoms with E-state index >= 15 is 0 Å². The molecule has 0 unspecified atom stereocenters. The van der Waals surface area contributed by atoms with Crippen LogP contribution < -0.4 is 0 Å². The molecule has 0 N–H and O–H groups in total. The molecule has 5 heteroatoms. The summed E-state index contributed by atoms with van der Waals surface area (Å²) in [6, 6.07) is 9.04. The number of allylic oxidation sites excluding steroid dienone is 2. The first kappa shape index (κ1) is 18.6. The standard InChI is InChI=1S/C24H28N2O3/c27-22(25-13-5-2-6-14-25)19(15-16-7-3-1-4-8-16)26-23(28)20-17-9-10-18(12-11-17)21(20)24(26)29/h1,3-4,7-10,17-21H,2,5-6,11-15H2/t17-,18-,19-,20+,21+/m0/s1. The van der Waals surface area contributed by atoms with Crippen molar-refractivity contribution in [2.75, 3.05) is 13.1 Å². The number of carbonyl (C=O) groups is 3. The molecule has 29 heavy (non-hydrogen) atoms. The number of amides is 3. The Hall–Kier alpha value is -2.43. The molecular weight excluding hydrogens is 364 g/mol. The third-order valence-corrected chi connectivity index (χ3v) is 7.33. The van der Waals surface area contributed by atoms with Crippen LogP contribution in [0.25, 0.3) is 0 Å². The summed E-state index contributed by atoms with van der Waals surface area (Å²) in [5.74, 6) is -0.537. The van der Waals surface area contributed by atoms with Gasteiger partial charge in [0, 0.05) is 19.5 Å². The van der Waals surface area contributed by atoms with Gasteiger partial charge in [0.05, 0.1) is 11.8 Å². The van der Waals surface area contributed by atoms with Crippen molar-refractivity contribution in [2.45, 2.75) is 44.6 Å². The molecule has 0 spiro atoms. The second-order valence-electron chi connectivity index (χ2n) is 8.98. The van der Waals surface area contributed by atoms with Gasteiger partial charge < -0.3 is 4.90 Å².